The SMILES string of the molecule is NC(=O)CNc1cc(Cl)ncn1. The number of nitrogens with zero attached hydrogens (tertiary/aromatic N) is 2. The van der Waals surface area contributed by atoms with Crippen molar-refractivity contribution in [1.82, 2.24) is 9.97 Å². The van der Waals surface area contributed by atoms with Crippen LogP contribution in [0.5, 0.6) is 0 Å². The molecule has 0 radical (unpaired) electrons. The summed E-state index contributed by atoms with van der Waals surface area (Å²) < 4.78 is 0. The lowest BCUT2D eigenvalue weighted by atomic mass is 10.5. The van der Waals surface area contributed by atoms with Gasteiger partial charge in [0.15, 0.2) is 0 Å². The average molecular weight is 187 g/mol. The number of rotatable bonds is 3. The summed E-state index contributed by atoms with van der Waals surface area (Å²) in [6.07, 6.45) is 1.30. The van der Waals surface area contributed by atoms with E-state index in [9.17, 15) is 4.79 Å². The zero-order chi connectivity index (χ0) is 8.97. The second kappa shape index (κ2) is 3.87. The lowest BCUT2D eigenvalue weighted by Crippen LogP contribution is -2.22. The molecule has 0 spiro atoms. The van der Waals surface area contributed by atoms with Gasteiger partial charge in [0.2, 0.25) is 5.91 Å². The van der Waals surface area contributed by atoms with Crippen LogP contribution in [0.2, 0.25) is 5.15 Å². The summed E-state index contributed by atoms with van der Waals surface area (Å²) in [5.74, 6) is 0.0264. The summed E-state index contributed by atoms with van der Waals surface area (Å²) >= 11 is 5.55. The van der Waals surface area contributed by atoms with Crippen LogP contribution in [0.3, 0.4) is 0 Å². The first-order valence-corrected chi connectivity index (χ1v) is 3.56. The molecular formula is C6H7ClN4O. The highest BCUT2D eigenvalue weighted by molar-refractivity contribution is 6.29. The van der Waals surface area contributed by atoms with Crippen LogP contribution in [0.4, 0.5) is 5.82 Å². The van der Waals surface area contributed by atoms with E-state index in [1.807, 2.05) is 0 Å². The minimum atomic E-state index is -0.454. The van der Waals surface area contributed by atoms with Crippen LogP contribution in [-0.2, 0) is 4.79 Å². The summed E-state index contributed by atoms with van der Waals surface area (Å²) in [6, 6.07) is 1.50. The van der Waals surface area contributed by atoms with Crippen LogP contribution in [0.25, 0.3) is 0 Å². The molecule has 1 aromatic rings. The number of carbonyl (C=O) groups is 1. The van der Waals surface area contributed by atoms with Gasteiger partial charge in [0.1, 0.15) is 17.3 Å². The number of amides is 1. The number of nitrogens with two attached hydrogens (primary N) is 1. The Morgan fingerprint density at radius 1 is 1.67 bits per heavy atom. The summed E-state index contributed by atoms with van der Waals surface area (Å²) in [6.45, 7) is 0.0351. The number of hydrogen-bond acceptors (Lipinski definition) is 4. The van der Waals surface area contributed by atoms with E-state index in [1.165, 1.54) is 12.4 Å². The molecule has 0 atom stereocenters. The Balaban J connectivity index is 2.57. The number of hydrogen-bond donors (Lipinski definition) is 2. The predicted octanol–water partition coefficient (Wildman–Crippen LogP) is 0.0272. The molecule has 1 amide bonds. The highest BCUT2D eigenvalue weighted by Crippen LogP contribution is 2.07. The molecule has 0 aliphatic carbocycles. The van der Waals surface area contributed by atoms with Crippen molar-refractivity contribution in [2.75, 3.05) is 11.9 Å². The molecule has 0 saturated heterocycles. The quantitative estimate of drug-likeness (QED) is 0.653. The molecule has 0 bridgehead atoms. The maximum absolute atomic E-state index is 10.3. The number of carbonyl (C=O) groups excluding carboxylic acids is 1. The van der Waals surface area contributed by atoms with Crippen molar-refractivity contribution < 1.29 is 4.79 Å². The lowest BCUT2D eigenvalue weighted by molar-refractivity contribution is -0.116. The van der Waals surface area contributed by atoms with E-state index in [2.05, 4.69) is 15.3 Å². The molecule has 64 valence electrons. The second-order valence-corrected chi connectivity index (χ2v) is 2.43. The first-order chi connectivity index (χ1) is 5.68. The van der Waals surface area contributed by atoms with Gasteiger partial charge in [-0.05, 0) is 0 Å². The largest absolute Gasteiger partial charge is 0.368 e. The van der Waals surface area contributed by atoms with Crippen LogP contribution < -0.4 is 11.1 Å². The Morgan fingerprint density at radius 3 is 3.00 bits per heavy atom. The van der Waals surface area contributed by atoms with Crippen molar-refractivity contribution >= 4 is 23.3 Å². The van der Waals surface area contributed by atoms with E-state index < -0.39 is 5.91 Å². The van der Waals surface area contributed by atoms with Crippen molar-refractivity contribution in [2.45, 2.75) is 0 Å². The zero-order valence-corrected chi connectivity index (χ0v) is 6.88. The third-order valence-electron chi connectivity index (χ3n) is 1.08. The molecule has 1 aromatic heterocycles. The van der Waals surface area contributed by atoms with E-state index in [1.54, 1.807) is 0 Å². The highest BCUT2D eigenvalue weighted by Gasteiger charge is 1.96. The van der Waals surface area contributed by atoms with Crippen molar-refractivity contribution in [3.8, 4) is 0 Å². The maximum atomic E-state index is 10.3. The van der Waals surface area contributed by atoms with Crippen LogP contribution in [0.15, 0.2) is 12.4 Å². The fourth-order valence-electron chi connectivity index (χ4n) is 0.608. The molecule has 3 N–H and O–H groups in total. The normalized spacial score (nSPS) is 9.42. The van der Waals surface area contributed by atoms with Crippen LogP contribution >= 0.6 is 11.6 Å². The summed E-state index contributed by atoms with van der Waals surface area (Å²) in [5.41, 5.74) is 4.90. The molecule has 0 aliphatic heterocycles. The lowest BCUT2D eigenvalue weighted by Gasteiger charge is -2.00. The Bertz CT molecular complexity index is 291. The average Bonchev–Trinajstić information content (AvgIpc) is 2.01. The van der Waals surface area contributed by atoms with Gasteiger partial charge in [0.25, 0.3) is 0 Å². The van der Waals surface area contributed by atoms with Gasteiger partial charge in [-0.15, -0.1) is 0 Å². The van der Waals surface area contributed by atoms with Crippen molar-refractivity contribution in [2.24, 2.45) is 5.73 Å². The Hall–Kier alpha value is -1.36. The van der Waals surface area contributed by atoms with E-state index in [0.29, 0.717) is 11.0 Å². The summed E-state index contributed by atoms with van der Waals surface area (Å²) in [4.78, 5) is 17.8. The van der Waals surface area contributed by atoms with E-state index in [-0.39, 0.29) is 6.54 Å². The van der Waals surface area contributed by atoms with Gasteiger partial charge >= 0.3 is 0 Å². The summed E-state index contributed by atoms with van der Waals surface area (Å²) in [7, 11) is 0. The smallest absolute Gasteiger partial charge is 0.236 e. The monoisotopic (exact) mass is 186 g/mol. The van der Waals surface area contributed by atoms with Crippen molar-refractivity contribution in [3.05, 3.63) is 17.5 Å². The molecule has 1 heterocycles. The molecule has 0 aromatic carbocycles. The first kappa shape index (κ1) is 8.73. The minimum Gasteiger partial charge on any atom is -0.368 e. The molecule has 0 unspecified atom stereocenters. The Labute approximate surface area is 74.0 Å². The molecule has 0 saturated carbocycles. The minimum absolute atomic E-state index is 0.0351. The predicted molar refractivity (Wildman–Crippen MR) is 44.7 cm³/mol. The van der Waals surface area contributed by atoms with Gasteiger partial charge in [-0.3, -0.25) is 4.79 Å². The van der Waals surface area contributed by atoms with Gasteiger partial charge in [-0.25, -0.2) is 9.97 Å². The standard InChI is InChI=1S/C6H7ClN4O/c7-4-1-6(11-3-10-4)9-2-5(8)12/h1,3H,2H2,(H2,8,12)(H,9,10,11). The van der Waals surface area contributed by atoms with Crippen LogP contribution in [0.1, 0.15) is 0 Å². The number of nitrogens with one attached hydrogen (secondary N) is 1. The number of anilines is 1. The Morgan fingerprint density at radius 2 is 2.42 bits per heavy atom. The third-order valence-corrected chi connectivity index (χ3v) is 1.28. The zero-order valence-electron chi connectivity index (χ0n) is 6.12. The second-order valence-electron chi connectivity index (χ2n) is 2.05. The Kier molecular flexibility index (Phi) is 2.82. The van der Waals surface area contributed by atoms with Gasteiger partial charge in [0.05, 0.1) is 6.54 Å². The van der Waals surface area contributed by atoms with Gasteiger partial charge in [-0.2, -0.15) is 0 Å². The molecule has 12 heavy (non-hydrogen) atoms. The van der Waals surface area contributed by atoms with Crippen molar-refractivity contribution in [3.63, 3.8) is 0 Å². The number of aromatic nitrogens is 2. The van der Waals surface area contributed by atoms with E-state index in [0.717, 1.165) is 0 Å². The first-order valence-electron chi connectivity index (χ1n) is 3.18. The van der Waals surface area contributed by atoms with E-state index >= 15 is 0 Å². The molecule has 0 aliphatic rings. The fraction of sp³-hybridized carbons (Fsp3) is 0.167. The molecule has 0 fully saturated rings. The molecule has 1 rings (SSSR count). The van der Waals surface area contributed by atoms with Gasteiger partial charge < -0.3 is 11.1 Å². The third kappa shape index (κ3) is 2.71. The molecular weight excluding hydrogens is 180 g/mol. The van der Waals surface area contributed by atoms with Crippen LogP contribution in [0, 0.1) is 0 Å². The van der Waals surface area contributed by atoms with Crippen molar-refractivity contribution in [1.29, 1.82) is 0 Å². The number of halogens is 1. The summed E-state index contributed by atoms with van der Waals surface area (Å²) in [5, 5.41) is 2.99. The fourth-order valence-corrected chi connectivity index (χ4v) is 0.755. The van der Waals surface area contributed by atoms with E-state index in [4.69, 9.17) is 17.3 Å². The number of primary amides is 1. The topological polar surface area (TPSA) is 80.9 Å². The highest BCUT2D eigenvalue weighted by atomic mass is 35.5. The molecule has 5 nitrogen and oxygen atoms in total. The van der Waals surface area contributed by atoms with Crippen LogP contribution in [-0.4, -0.2) is 22.4 Å². The van der Waals surface area contributed by atoms with Gasteiger partial charge in [0, 0.05) is 6.07 Å². The van der Waals surface area contributed by atoms with Gasteiger partial charge in [-0.1, -0.05) is 11.6 Å². The molecule has 6 heteroatoms. The maximum Gasteiger partial charge on any atom is 0.236 e.